The van der Waals surface area contributed by atoms with Gasteiger partial charge in [0, 0.05) is 36.4 Å². The highest BCUT2D eigenvalue weighted by Crippen LogP contribution is 2.25. The molecule has 6 nitrogen and oxygen atoms in total. The number of nitrogens with one attached hydrogen (secondary N) is 1. The second-order valence-electron chi connectivity index (χ2n) is 6.48. The topological polar surface area (TPSA) is 67.9 Å². The van der Waals surface area contributed by atoms with Crippen molar-refractivity contribution >= 4 is 27.7 Å². The van der Waals surface area contributed by atoms with Crippen molar-refractivity contribution in [3.63, 3.8) is 0 Å². The first-order chi connectivity index (χ1) is 12.5. The van der Waals surface area contributed by atoms with Crippen molar-refractivity contribution in [1.82, 2.24) is 10.2 Å². The van der Waals surface area contributed by atoms with E-state index >= 15 is 0 Å². The molecule has 2 saturated heterocycles. The third kappa shape index (κ3) is 4.81. The van der Waals surface area contributed by atoms with Crippen LogP contribution in [0.15, 0.2) is 22.7 Å². The second kappa shape index (κ2) is 8.92. The molecule has 0 radical (unpaired) electrons. The van der Waals surface area contributed by atoms with E-state index in [-0.39, 0.29) is 36.6 Å². The van der Waals surface area contributed by atoms with Gasteiger partial charge in [-0.1, -0.05) is 0 Å². The Hall–Kier alpha value is -1.51. The Kier molecular flexibility index (Phi) is 6.61. The quantitative estimate of drug-likeness (QED) is 0.781. The molecule has 3 rings (SSSR count). The summed E-state index contributed by atoms with van der Waals surface area (Å²) >= 11 is 3.23. The number of likely N-dealkylation sites (tertiary alicyclic amines) is 1. The Morgan fingerprint density at radius 2 is 2.08 bits per heavy atom. The number of amides is 2. The smallest absolute Gasteiger partial charge is 0.252 e. The van der Waals surface area contributed by atoms with Gasteiger partial charge in [-0.25, -0.2) is 4.39 Å². The Morgan fingerprint density at radius 3 is 2.85 bits per heavy atom. The molecule has 142 valence electrons. The molecular weight excluding hydrogens is 407 g/mol. The Morgan fingerprint density at radius 1 is 1.31 bits per heavy atom. The molecule has 2 amide bonds. The van der Waals surface area contributed by atoms with Crippen LogP contribution in [-0.4, -0.2) is 55.9 Å². The highest BCUT2D eigenvalue weighted by atomic mass is 79.9. The highest BCUT2D eigenvalue weighted by molar-refractivity contribution is 9.10. The number of ether oxygens (including phenoxy) is 2. The summed E-state index contributed by atoms with van der Waals surface area (Å²) in [6, 6.07) is 3.92. The number of rotatable bonds is 5. The molecule has 0 bridgehead atoms. The van der Waals surface area contributed by atoms with E-state index in [2.05, 4.69) is 21.2 Å². The van der Waals surface area contributed by atoms with Crippen LogP contribution in [0, 0.1) is 11.7 Å². The molecule has 26 heavy (non-hydrogen) atoms. The van der Waals surface area contributed by atoms with E-state index < -0.39 is 11.7 Å². The summed E-state index contributed by atoms with van der Waals surface area (Å²) in [5, 5.41) is 2.67. The van der Waals surface area contributed by atoms with Crippen molar-refractivity contribution in [1.29, 1.82) is 0 Å². The molecule has 2 heterocycles. The van der Waals surface area contributed by atoms with E-state index in [0.29, 0.717) is 30.8 Å². The molecule has 8 heteroatoms. The molecule has 1 atom stereocenters. The fourth-order valence-electron chi connectivity index (χ4n) is 3.32. The number of benzene rings is 1. The van der Waals surface area contributed by atoms with Crippen molar-refractivity contribution in [2.45, 2.75) is 25.6 Å². The molecular formula is C18H22BrFN2O4. The van der Waals surface area contributed by atoms with Gasteiger partial charge >= 0.3 is 0 Å². The molecule has 0 saturated carbocycles. The minimum atomic E-state index is -0.481. The molecule has 2 aliphatic rings. The van der Waals surface area contributed by atoms with E-state index in [9.17, 15) is 14.0 Å². The SMILES string of the molecule is O=C(NCCC(=O)N1CCCC(C2OCCO2)C1)c1cc(F)ccc1Br. The van der Waals surface area contributed by atoms with Crippen LogP contribution >= 0.6 is 15.9 Å². The summed E-state index contributed by atoms with van der Waals surface area (Å²) in [6.07, 6.45) is 1.90. The van der Waals surface area contributed by atoms with Gasteiger partial charge in [-0.3, -0.25) is 9.59 Å². The third-order valence-corrected chi connectivity index (χ3v) is 5.33. The van der Waals surface area contributed by atoms with Crippen molar-refractivity contribution in [2.75, 3.05) is 32.8 Å². The molecule has 2 aliphatic heterocycles. The maximum absolute atomic E-state index is 13.3. The minimum Gasteiger partial charge on any atom is -0.351 e. The normalized spacial score (nSPS) is 21.0. The number of hydrogen-bond donors (Lipinski definition) is 1. The molecule has 0 aliphatic carbocycles. The lowest BCUT2D eigenvalue weighted by Crippen LogP contribution is -2.44. The van der Waals surface area contributed by atoms with Crippen molar-refractivity contribution in [3.05, 3.63) is 34.1 Å². The van der Waals surface area contributed by atoms with Crippen LogP contribution in [0.5, 0.6) is 0 Å². The average Bonchev–Trinajstić information content (AvgIpc) is 3.18. The molecule has 0 spiro atoms. The van der Waals surface area contributed by atoms with Crippen molar-refractivity contribution < 1.29 is 23.5 Å². The molecule has 0 aromatic heterocycles. The minimum absolute atomic E-state index is 0.00805. The highest BCUT2D eigenvalue weighted by Gasteiger charge is 2.32. The predicted molar refractivity (Wildman–Crippen MR) is 96.0 cm³/mol. The molecule has 2 fully saturated rings. The molecule has 1 aromatic rings. The zero-order chi connectivity index (χ0) is 18.5. The lowest BCUT2D eigenvalue weighted by molar-refractivity contribution is -0.139. The van der Waals surface area contributed by atoms with E-state index in [1.165, 1.54) is 12.1 Å². The summed E-state index contributed by atoms with van der Waals surface area (Å²) in [4.78, 5) is 26.4. The van der Waals surface area contributed by atoms with Crippen LogP contribution in [0.3, 0.4) is 0 Å². The summed E-state index contributed by atoms with van der Waals surface area (Å²) in [5.74, 6) is -0.696. The van der Waals surface area contributed by atoms with Crippen LogP contribution in [0.4, 0.5) is 4.39 Å². The largest absolute Gasteiger partial charge is 0.351 e. The van der Waals surface area contributed by atoms with Gasteiger partial charge in [0.05, 0.1) is 18.8 Å². The van der Waals surface area contributed by atoms with E-state index in [0.717, 1.165) is 18.9 Å². The van der Waals surface area contributed by atoms with Crippen molar-refractivity contribution in [2.24, 2.45) is 5.92 Å². The summed E-state index contributed by atoms with van der Waals surface area (Å²) in [7, 11) is 0. The van der Waals surface area contributed by atoms with Crippen LogP contribution in [0.1, 0.15) is 29.6 Å². The van der Waals surface area contributed by atoms with E-state index in [1.807, 2.05) is 4.90 Å². The van der Waals surface area contributed by atoms with Gasteiger partial charge in [0.2, 0.25) is 5.91 Å². The number of hydrogen-bond acceptors (Lipinski definition) is 4. The maximum atomic E-state index is 13.3. The van der Waals surface area contributed by atoms with Gasteiger partial charge in [0.15, 0.2) is 6.29 Å². The lowest BCUT2D eigenvalue weighted by atomic mass is 9.97. The van der Waals surface area contributed by atoms with Crippen LogP contribution in [0.25, 0.3) is 0 Å². The van der Waals surface area contributed by atoms with Crippen LogP contribution in [0.2, 0.25) is 0 Å². The second-order valence-corrected chi connectivity index (χ2v) is 7.34. The summed E-state index contributed by atoms with van der Waals surface area (Å²) in [6.45, 7) is 2.75. The van der Waals surface area contributed by atoms with Gasteiger partial charge in [0.1, 0.15) is 5.82 Å². The van der Waals surface area contributed by atoms with Gasteiger partial charge < -0.3 is 19.7 Å². The predicted octanol–water partition coefficient (Wildman–Crippen LogP) is 2.32. The fraction of sp³-hybridized carbons (Fsp3) is 0.556. The zero-order valence-corrected chi connectivity index (χ0v) is 16.0. The Bertz CT molecular complexity index is 667. The Labute approximate surface area is 160 Å². The molecule has 1 unspecified atom stereocenters. The van der Waals surface area contributed by atoms with Gasteiger partial charge in [0.25, 0.3) is 5.91 Å². The summed E-state index contributed by atoms with van der Waals surface area (Å²) < 4.78 is 24.9. The number of nitrogens with zero attached hydrogens (tertiary/aromatic N) is 1. The van der Waals surface area contributed by atoms with Gasteiger partial charge in [-0.2, -0.15) is 0 Å². The first-order valence-corrected chi connectivity index (χ1v) is 9.58. The number of carbonyl (C=O) groups excluding carboxylic acids is 2. The third-order valence-electron chi connectivity index (χ3n) is 4.64. The first-order valence-electron chi connectivity index (χ1n) is 8.79. The number of halogens is 2. The maximum Gasteiger partial charge on any atom is 0.252 e. The standard InChI is InChI=1S/C18H22BrFN2O4/c19-15-4-3-13(20)10-14(15)17(24)21-6-5-16(23)22-7-1-2-12(11-22)18-25-8-9-26-18/h3-4,10,12,18H,1-2,5-9,11H2,(H,21,24). The van der Waals surface area contributed by atoms with E-state index in [4.69, 9.17) is 9.47 Å². The zero-order valence-electron chi connectivity index (χ0n) is 14.4. The summed E-state index contributed by atoms with van der Waals surface area (Å²) in [5.41, 5.74) is 0.214. The van der Waals surface area contributed by atoms with Crippen LogP contribution in [-0.2, 0) is 14.3 Å². The van der Waals surface area contributed by atoms with Crippen molar-refractivity contribution in [3.8, 4) is 0 Å². The Balaban J connectivity index is 1.46. The average molecular weight is 429 g/mol. The lowest BCUT2D eigenvalue weighted by Gasteiger charge is -2.34. The fourth-order valence-corrected chi connectivity index (χ4v) is 3.74. The van der Waals surface area contributed by atoms with Gasteiger partial charge in [-0.15, -0.1) is 0 Å². The molecule has 1 aromatic carbocycles. The van der Waals surface area contributed by atoms with Gasteiger partial charge in [-0.05, 0) is 47.0 Å². The molecule has 1 N–H and O–H groups in total. The first kappa shape index (κ1) is 19.3. The number of carbonyl (C=O) groups is 2. The number of piperidine rings is 1. The van der Waals surface area contributed by atoms with E-state index in [1.54, 1.807) is 0 Å². The van der Waals surface area contributed by atoms with Crippen LogP contribution < -0.4 is 5.32 Å². The monoisotopic (exact) mass is 428 g/mol.